The van der Waals surface area contributed by atoms with Crippen molar-refractivity contribution in [3.63, 3.8) is 0 Å². The number of amides is 1. The van der Waals surface area contributed by atoms with E-state index in [1.807, 2.05) is 50.7 Å². The third kappa shape index (κ3) is 5.72. The molecule has 0 spiro atoms. The van der Waals surface area contributed by atoms with Gasteiger partial charge in [0, 0.05) is 35.8 Å². The van der Waals surface area contributed by atoms with E-state index in [1.54, 1.807) is 11.3 Å². The van der Waals surface area contributed by atoms with Gasteiger partial charge in [-0.3, -0.25) is 9.88 Å². The van der Waals surface area contributed by atoms with Crippen LogP contribution in [0.25, 0.3) is 21.9 Å². The summed E-state index contributed by atoms with van der Waals surface area (Å²) in [4.78, 5) is 20.3. The second-order valence-electron chi connectivity index (χ2n) is 10.7. The first kappa shape index (κ1) is 25.9. The summed E-state index contributed by atoms with van der Waals surface area (Å²) in [6.07, 6.45) is 3.25. The van der Waals surface area contributed by atoms with Crippen LogP contribution in [-0.4, -0.2) is 40.7 Å². The minimum Gasteiger partial charge on any atom is -0.444 e. The Labute approximate surface area is 227 Å². The Kier molecular flexibility index (Phi) is 7.46. The Morgan fingerprint density at radius 1 is 1.11 bits per heavy atom. The monoisotopic (exact) mass is 524 g/mol. The van der Waals surface area contributed by atoms with Gasteiger partial charge in [-0.2, -0.15) is 5.26 Å². The largest absolute Gasteiger partial charge is 0.444 e. The molecule has 5 rings (SSSR count). The van der Waals surface area contributed by atoms with E-state index in [4.69, 9.17) is 4.74 Å². The summed E-state index contributed by atoms with van der Waals surface area (Å²) >= 11 is 1.64. The van der Waals surface area contributed by atoms with Crippen molar-refractivity contribution in [1.82, 2.24) is 15.2 Å². The van der Waals surface area contributed by atoms with Crippen molar-refractivity contribution in [3.05, 3.63) is 88.4 Å². The number of carbonyl (C=O) groups excluding carboxylic acids is 1. The van der Waals surface area contributed by atoms with Gasteiger partial charge in [-0.05, 0) is 67.6 Å². The highest BCUT2D eigenvalue weighted by atomic mass is 32.1. The Bertz CT molecular complexity index is 1460. The summed E-state index contributed by atoms with van der Waals surface area (Å²) in [5.41, 5.74) is 5.15. The van der Waals surface area contributed by atoms with Crippen LogP contribution in [0.2, 0.25) is 0 Å². The third-order valence-corrected chi connectivity index (χ3v) is 7.72. The molecule has 1 N–H and O–H groups in total. The number of benzene rings is 3. The van der Waals surface area contributed by atoms with Crippen molar-refractivity contribution in [2.24, 2.45) is 0 Å². The summed E-state index contributed by atoms with van der Waals surface area (Å²) in [7, 11) is 0. The number of ether oxygens (including phenoxy) is 1. The highest BCUT2D eigenvalue weighted by Gasteiger charge is 2.30. The normalized spacial score (nSPS) is 15.6. The number of hydrogen-bond donors (Lipinski definition) is 1. The summed E-state index contributed by atoms with van der Waals surface area (Å²) in [6, 6.07) is 23.2. The number of nitrogens with one attached hydrogen (secondary N) is 1. The van der Waals surface area contributed by atoms with Gasteiger partial charge in [-0.1, -0.05) is 48.5 Å². The predicted octanol–water partition coefficient (Wildman–Crippen LogP) is 6.91. The predicted molar refractivity (Wildman–Crippen MR) is 152 cm³/mol. The molecule has 3 aromatic carbocycles. The number of likely N-dealkylation sites (tertiary alicyclic amines) is 1. The fourth-order valence-electron chi connectivity index (χ4n) is 5.20. The molecule has 7 heteroatoms. The van der Waals surface area contributed by atoms with Gasteiger partial charge in [0.2, 0.25) is 0 Å². The molecule has 1 fully saturated rings. The van der Waals surface area contributed by atoms with Gasteiger partial charge in [0.05, 0.1) is 23.2 Å². The van der Waals surface area contributed by atoms with Crippen LogP contribution in [0, 0.1) is 11.3 Å². The zero-order valence-corrected chi connectivity index (χ0v) is 22.8. The fraction of sp³-hybridized carbons (Fsp3) is 0.323. The molecule has 1 aromatic heterocycles. The number of rotatable bonds is 5. The lowest BCUT2D eigenvalue weighted by Gasteiger charge is -2.37. The topological polar surface area (TPSA) is 78.2 Å². The van der Waals surface area contributed by atoms with Crippen molar-refractivity contribution in [2.45, 2.75) is 51.3 Å². The molecule has 38 heavy (non-hydrogen) atoms. The number of nitrogens with zero attached hydrogens (tertiary/aromatic N) is 3. The molecular formula is C31H32N4O2S. The molecule has 1 aliphatic heterocycles. The van der Waals surface area contributed by atoms with Crippen LogP contribution in [-0.2, 0) is 4.74 Å². The van der Waals surface area contributed by atoms with Crippen molar-refractivity contribution in [1.29, 1.82) is 5.26 Å². The molecule has 2 heterocycles. The van der Waals surface area contributed by atoms with Gasteiger partial charge in [0.25, 0.3) is 0 Å². The molecule has 0 bridgehead atoms. The maximum absolute atomic E-state index is 12.3. The number of piperidine rings is 1. The number of thiazole rings is 1. The maximum Gasteiger partial charge on any atom is 0.407 e. The SMILES string of the molecule is CC(C)(C)OC(=O)NC1CCN(C(c2ccc(C#N)c(-c3cccc4ccccc34)c2)c2cncs2)CC1. The van der Waals surface area contributed by atoms with Crippen LogP contribution in [0.3, 0.4) is 0 Å². The molecule has 4 aromatic rings. The van der Waals surface area contributed by atoms with E-state index >= 15 is 0 Å². The van der Waals surface area contributed by atoms with E-state index in [9.17, 15) is 10.1 Å². The van der Waals surface area contributed by atoms with Crippen molar-refractivity contribution >= 4 is 28.2 Å². The maximum atomic E-state index is 12.3. The highest BCUT2D eigenvalue weighted by molar-refractivity contribution is 7.09. The molecule has 0 aliphatic carbocycles. The third-order valence-electron chi connectivity index (χ3n) is 6.90. The Hall–Kier alpha value is -3.73. The van der Waals surface area contributed by atoms with Crippen LogP contribution < -0.4 is 5.32 Å². The molecule has 1 unspecified atom stereocenters. The van der Waals surface area contributed by atoms with E-state index < -0.39 is 5.60 Å². The molecule has 0 radical (unpaired) electrons. The van der Waals surface area contributed by atoms with Crippen molar-refractivity contribution in [2.75, 3.05) is 13.1 Å². The summed E-state index contributed by atoms with van der Waals surface area (Å²) in [5.74, 6) is 0. The molecule has 6 nitrogen and oxygen atoms in total. The number of fused-ring (bicyclic) bond motifs is 1. The zero-order valence-electron chi connectivity index (χ0n) is 22.0. The molecule has 1 saturated heterocycles. The fourth-order valence-corrected chi connectivity index (χ4v) is 5.98. The molecule has 0 saturated carbocycles. The van der Waals surface area contributed by atoms with Gasteiger partial charge in [0.1, 0.15) is 5.60 Å². The van der Waals surface area contributed by atoms with Gasteiger partial charge in [0.15, 0.2) is 0 Å². The van der Waals surface area contributed by atoms with Crippen molar-refractivity contribution in [3.8, 4) is 17.2 Å². The first-order valence-electron chi connectivity index (χ1n) is 13.0. The second kappa shape index (κ2) is 10.9. The van der Waals surface area contributed by atoms with Gasteiger partial charge >= 0.3 is 6.09 Å². The second-order valence-corrected chi connectivity index (χ2v) is 11.6. The molecule has 1 amide bonds. The number of alkyl carbamates (subject to hydrolysis) is 1. The first-order chi connectivity index (χ1) is 18.3. The minimum atomic E-state index is -0.514. The number of aromatic nitrogens is 1. The Balaban J connectivity index is 1.44. The molecular weight excluding hydrogens is 492 g/mol. The quantitative estimate of drug-likeness (QED) is 0.307. The number of carbonyl (C=O) groups is 1. The van der Waals surface area contributed by atoms with E-state index in [0.717, 1.165) is 58.3 Å². The highest BCUT2D eigenvalue weighted by Crippen LogP contribution is 2.38. The van der Waals surface area contributed by atoms with Crippen molar-refractivity contribution < 1.29 is 9.53 Å². The Morgan fingerprint density at radius 3 is 2.58 bits per heavy atom. The standard InChI is InChI=1S/C31H32N4O2S/c1-31(2,3)37-30(36)34-24-13-15-35(16-14-24)29(28-19-33-20-38-28)22-11-12-23(18-32)27(17-22)26-10-6-8-21-7-4-5-9-25(21)26/h4-12,17,19-20,24,29H,13-16H2,1-3H3,(H,34,36). The van der Waals surface area contributed by atoms with E-state index in [0.29, 0.717) is 5.56 Å². The van der Waals surface area contributed by atoms with E-state index in [-0.39, 0.29) is 18.2 Å². The lowest BCUT2D eigenvalue weighted by Crippen LogP contribution is -2.47. The van der Waals surface area contributed by atoms with Gasteiger partial charge in [-0.25, -0.2) is 4.79 Å². The smallest absolute Gasteiger partial charge is 0.407 e. The minimum absolute atomic E-state index is 0.0199. The van der Waals surface area contributed by atoms with Crippen LogP contribution in [0.15, 0.2) is 72.4 Å². The van der Waals surface area contributed by atoms with E-state index in [2.05, 4.69) is 63.7 Å². The first-order valence-corrected chi connectivity index (χ1v) is 13.8. The summed E-state index contributed by atoms with van der Waals surface area (Å²) in [5, 5.41) is 15.3. The van der Waals surface area contributed by atoms with Crippen LogP contribution in [0.4, 0.5) is 4.79 Å². The average molecular weight is 525 g/mol. The molecule has 1 aliphatic rings. The van der Waals surface area contributed by atoms with Gasteiger partial charge < -0.3 is 10.1 Å². The average Bonchev–Trinajstić information content (AvgIpc) is 3.43. The zero-order chi connectivity index (χ0) is 26.7. The summed E-state index contributed by atoms with van der Waals surface area (Å²) in [6.45, 7) is 7.27. The van der Waals surface area contributed by atoms with Crippen LogP contribution in [0.5, 0.6) is 0 Å². The molecule has 194 valence electrons. The number of hydrogen-bond acceptors (Lipinski definition) is 6. The lowest BCUT2D eigenvalue weighted by molar-refractivity contribution is 0.0473. The summed E-state index contributed by atoms with van der Waals surface area (Å²) < 4.78 is 5.45. The van der Waals surface area contributed by atoms with Gasteiger partial charge in [-0.15, -0.1) is 11.3 Å². The number of nitriles is 1. The Morgan fingerprint density at radius 2 is 1.87 bits per heavy atom. The molecule has 1 atom stereocenters. The van der Waals surface area contributed by atoms with E-state index in [1.165, 1.54) is 0 Å². The van der Waals surface area contributed by atoms with Crippen LogP contribution >= 0.6 is 11.3 Å². The lowest BCUT2D eigenvalue weighted by atomic mass is 9.90. The van der Waals surface area contributed by atoms with Crippen LogP contribution in [0.1, 0.15) is 55.7 Å².